The van der Waals surface area contributed by atoms with Crippen molar-refractivity contribution in [2.24, 2.45) is 0 Å². The first kappa shape index (κ1) is 10.5. The van der Waals surface area contributed by atoms with E-state index in [1.165, 1.54) is 6.92 Å². The second kappa shape index (κ2) is 3.64. The molecule has 0 saturated carbocycles. The molecular weight excluding hydrogens is 172 g/mol. The number of hydrogen-bond acceptors (Lipinski definition) is 4. The molecule has 1 saturated heterocycles. The van der Waals surface area contributed by atoms with Crippen molar-refractivity contribution in [2.75, 3.05) is 0 Å². The minimum Gasteiger partial charge on any atom is -0.436 e. The molecule has 1 unspecified atom stereocenters. The Kier molecular flexibility index (Phi) is 2.93. The normalized spacial score (nSPS) is 32.6. The molecule has 0 amide bonds. The minimum absolute atomic E-state index is 0.0492. The number of carbonyl (C=O) groups excluding carboxylic acids is 1. The Balaban J connectivity index is 2.52. The van der Waals surface area contributed by atoms with Crippen LogP contribution < -0.4 is 0 Å². The van der Waals surface area contributed by atoms with Crippen molar-refractivity contribution in [1.29, 1.82) is 0 Å². The van der Waals surface area contributed by atoms with Crippen LogP contribution in [-0.4, -0.2) is 24.2 Å². The maximum absolute atomic E-state index is 10.7. The Morgan fingerprint density at radius 1 is 1.46 bits per heavy atom. The lowest BCUT2D eigenvalue weighted by molar-refractivity contribution is -0.339. The van der Waals surface area contributed by atoms with Crippen LogP contribution in [-0.2, 0) is 19.0 Å². The molecule has 1 fully saturated rings. The van der Waals surface area contributed by atoms with Crippen LogP contribution in [0.2, 0.25) is 0 Å². The summed E-state index contributed by atoms with van der Waals surface area (Å²) >= 11 is 0. The highest BCUT2D eigenvalue weighted by Gasteiger charge is 2.34. The molecule has 4 heteroatoms. The highest BCUT2D eigenvalue weighted by atomic mass is 16.8. The molecule has 2 atom stereocenters. The number of rotatable bonds is 1. The third-order valence-electron chi connectivity index (χ3n) is 1.72. The van der Waals surface area contributed by atoms with Crippen molar-refractivity contribution in [3.8, 4) is 0 Å². The van der Waals surface area contributed by atoms with Crippen molar-refractivity contribution in [1.82, 2.24) is 0 Å². The largest absolute Gasteiger partial charge is 0.436 e. The highest BCUT2D eigenvalue weighted by molar-refractivity contribution is 5.66. The van der Waals surface area contributed by atoms with Gasteiger partial charge in [0.2, 0.25) is 6.29 Å². The molecule has 0 aliphatic carbocycles. The van der Waals surface area contributed by atoms with Gasteiger partial charge in [0.25, 0.3) is 0 Å². The van der Waals surface area contributed by atoms with E-state index in [1.807, 2.05) is 6.92 Å². The number of carbonyl (C=O) groups is 1. The van der Waals surface area contributed by atoms with Gasteiger partial charge >= 0.3 is 5.97 Å². The molecule has 13 heavy (non-hydrogen) atoms. The Bertz CT molecular complexity index is 200. The zero-order chi connectivity index (χ0) is 10.1. The van der Waals surface area contributed by atoms with E-state index >= 15 is 0 Å². The summed E-state index contributed by atoms with van der Waals surface area (Å²) in [6.07, 6.45) is 0.160. The average Bonchev–Trinajstić information content (AvgIpc) is 1.78. The van der Waals surface area contributed by atoms with Crippen molar-refractivity contribution in [2.45, 2.75) is 52.3 Å². The molecule has 76 valence electrons. The first-order valence-electron chi connectivity index (χ1n) is 4.42. The van der Waals surface area contributed by atoms with E-state index in [9.17, 15) is 4.79 Å². The fraction of sp³-hybridized carbons (Fsp3) is 0.889. The zero-order valence-corrected chi connectivity index (χ0v) is 8.49. The Labute approximate surface area is 78.2 Å². The average molecular weight is 188 g/mol. The smallest absolute Gasteiger partial charge is 0.304 e. The molecule has 0 aromatic rings. The van der Waals surface area contributed by atoms with Gasteiger partial charge in [0, 0.05) is 13.3 Å². The summed E-state index contributed by atoms with van der Waals surface area (Å²) in [5, 5.41) is 0. The third kappa shape index (κ3) is 3.32. The number of esters is 1. The number of ether oxygens (including phenoxy) is 3. The fourth-order valence-electron chi connectivity index (χ4n) is 1.45. The second-order valence-electron chi connectivity index (χ2n) is 3.72. The van der Waals surface area contributed by atoms with Gasteiger partial charge in [0.05, 0.1) is 6.10 Å². The lowest BCUT2D eigenvalue weighted by Crippen LogP contribution is -2.45. The third-order valence-corrected chi connectivity index (χ3v) is 1.72. The van der Waals surface area contributed by atoms with Gasteiger partial charge < -0.3 is 14.2 Å². The van der Waals surface area contributed by atoms with E-state index in [4.69, 9.17) is 14.2 Å². The van der Waals surface area contributed by atoms with Gasteiger partial charge in [-0.1, -0.05) is 0 Å². The minimum atomic E-state index is -0.669. The predicted octanol–water partition coefficient (Wildman–Crippen LogP) is 1.44. The molecule has 1 aliphatic heterocycles. The summed E-state index contributed by atoms with van der Waals surface area (Å²) < 4.78 is 15.8. The van der Waals surface area contributed by atoms with Gasteiger partial charge in [0.1, 0.15) is 0 Å². The van der Waals surface area contributed by atoms with E-state index in [-0.39, 0.29) is 12.1 Å². The molecule has 0 aromatic heterocycles. The van der Waals surface area contributed by atoms with Crippen LogP contribution in [0, 0.1) is 0 Å². The van der Waals surface area contributed by atoms with Gasteiger partial charge in [-0.25, -0.2) is 0 Å². The number of hydrogen-bond donors (Lipinski definition) is 0. The summed E-state index contributed by atoms with van der Waals surface area (Å²) in [7, 11) is 0. The maximum Gasteiger partial charge on any atom is 0.304 e. The van der Waals surface area contributed by atoms with Crippen LogP contribution in [0.3, 0.4) is 0 Å². The first-order valence-corrected chi connectivity index (χ1v) is 4.42. The van der Waals surface area contributed by atoms with Crippen molar-refractivity contribution >= 4 is 5.97 Å². The van der Waals surface area contributed by atoms with Crippen molar-refractivity contribution in [3.63, 3.8) is 0 Å². The van der Waals surface area contributed by atoms with Gasteiger partial charge in [0.15, 0.2) is 5.79 Å². The molecule has 0 spiro atoms. The Morgan fingerprint density at radius 3 is 2.54 bits per heavy atom. The SMILES string of the molecule is CC(=O)OC1C[C@H](C)OC(C)(C)O1. The predicted molar refractivity (Wildman–Crippen MR) is 45.9 cm³/mol. The van der Waals surface area contributed by atoms with Crippen molar-refractivity contribution in [3.05, 3.63) is 0 Å². The summed E-state index contributed by atoms with van der Waals surface area (Å²) in [5.41, 5.74) is 0. The standard InChI is InChI=1S/C9H16O4/c1-6-5-8(11-7(2)10)13-9(3,4)12-6/h6,8H,5H2,1-4H3/t6-,8?/m0/s1. The highest BCUT2D eigenvalue weighted by Crippen LogP contribution is 2.26. The van der Waals surface area contributed by atoms with Crippen molar-refractivity contribution < 1.29 is 19.0 Å². The van der Waals surface area contributed by atoms with E-state index in [2.05, 4.69) is 0 Å². The maximum atomic E-state index is 10.7. The topological polar surface area (TPSA) is 44.8 Å². The van der Waals surface area contributed by atoms with Crippen LogP contribution in [0.5, 0.6) is 0 Å². The van der Waals surface area contributed by atoms with Crippen LogP contribution >= 0.6 is 0 Å². The van der Waals surface area contributed by atoms with E-state index < -0.39 is 12.1 Å². The fourth-order valence-corrected chi connectivity index (χ4v) is 1.45. The van der Waals surface area contributed by atoms with Gasteiger partial charge in [-0.15, -0.1) is 0 Å². The molecule has 1 heterocycles. The van der Waals surface area contributed by atoms with Crippen LogP contribution in [0.4, 0.5) is 0 Å². The van der Waals surface area contributed by atoms with E-state index in [0.29, 0.717) is 6.42 Å². The van der Waals surface area contributed by atoms with E-state index in [1.54, 1.807) is 13.8 Å². The summed E-state index contributed by atoms with van der Waals surface area (Å²) in [6, 6.07) is 0. The molecule has 1 aliphatic rings. The van der Waals surface area contributed by atoms with Gasteiger partial charge in [-0.3, -0.25) is 4.79 Å². The second-order valence-corrected chi connectivity index (χ2v) is 3.72. The molecule has 0 aromatic carbocycles. The molecule has 0 N–H and O–H groups in total. The van der Waals surface area contributed by atoms with E-state index in [0.717, 1.165) is 0 Å². The molecule has 4 nitrogen and oxygen atoms in total. The monoisotopic (exact) mass is 188 g/mol. The summed E-state index contributed by atoms with van der Waals surface area (Å²) in [5.74, 6) is -0.993. The molecule has 1 rings (SSSR count). The lowest BCUT2D eigenvalue weighted by Gasteiger charge is -2.38. The Morgan fingerprint density at radius 2 is 2.08 bits per heavy atom. The summed E-state index contributed by atoms with van der Waals surface area (Å²) in [6.45, 7) is 6.91. The summed E-state index contributed by atoms with van der Waals surface area (Å²) in [4.78, 5) is 10.7. The quantitative estimate of drug-likeness (QED) is 0.584. The molecule has 0 bridgehead atoms. The van der Waals surface area contributed by atoms with Gasteiger partial charge in [-0.05, 0) is 20.8 Å². The lowest BCUT2D eigenvalue weighted by atomic mass is 10.2. The molecular formula is C9H16O4. The molecule has 0 radical (unpaired) electrons. The first-order chi connectivity index (χ1) is 5.89. The van der Waals surface area contributed by atoms with Crippen LogP contribution in [0.1, 0.15) is 34.1 Å². The van der Waals surface area contributed by atoms with Crippen LogP contribution in [0.15, 0.2) is 0 Å². The van der Waals surface area contributed by atoms with Crippen LogP contribution in [0.25, 0.3) is 0 Å². The van der Waals surface area contributed by atoms with Gasteiger partial charge in [-0.2, -0.15) is 0 Å². The zero-order valence-electron chi connectivity index (χ0n) is 8.49. The Hall–Kier alpha value is -0.610.